The lowest BCUT2D eigenvalue weighted by Crippen LogP contribution is -2.56. The van der Waals surface area contributed by atoms with Crippen molar-refractivity contribution >= 4 is 11.8 Å². The third-order valence-corrected chi connectivity index (χ3v) is 3.23. The molecule has 100 valence electrons. The fourth-order valence-corrected chi connectivity index (χ4v) is 2.16. The Labute approximate surface area is 112 Å². The van der Waals surface area contributed by atoms with Crippen LogP contribution in [0.15, 0.2) is 43.0 Å². The van der Waals surface area contributed by atoms with Crippen LogP contribution >= 0.6 is 0 Å². The van der Waals surface area contributed by atoms with Crippen molar-refractivity contribution in [2.75, 3.05) is 13.2 Å². The van der Waals surface area contributed by atoms with Gasteiger partial charge in [-0.1, -0.05) is 24.3 Å². The maximum atomic E-state index is 12.4. The second-order valence-corrected chi connectivity index (χ2v) is 4.70. The molecule has 0 radical (unpaired) electrons. The second kappa shape index (κ2) is 5.36. The first kappa shape index (κ1) is 13.5. The van der Waals surface area contributed by atoms with Gasteiger partial charge in [0.05, 0.1) is 13.2 Å². The summed E-state index contributed by atoms with van der Waals surface area (Å²) in [7, 11) is 0. The molecule has 19 heavy (non-hydrogen) atoms. The molecule has 4 nitrogen and oxygen atoms in total. The van der Waals surface area contributed by atoms with Gasteiger partial charge in [0.15, 0.2) is 0 Å². The maximum Gasteiger partial charge on any atom is 0.261 e. The first-order chi connectivity index (χ1) is 9.08. The van der Waals surface area contributed by atoms with Crippen molar-refractivity contribution in [1.82, 2.24) is 4.90 Å². The van der Waals surface area contributed by atoms with Crippen molar-refractivity contribution in [2.45, 2.75) is 18.9 Å². The number of ether oxygens (including phenoxy) is 1. The molecule has 4 heteroatoms. The van der Waals surface area contributed by atoms with Crippen molar-refractivity contribution in [1.29, 1.82) is 0 Å². The minimum absolute atomic E-state index is 0.274. The summed E-state index contributed by atoms with van der Waals surface area (Å²) < 4.78 is 5.52. The molecule has 1 aliphatic rings. The molecule has 1 aromatic carbocycles. The van der Waals surface area contributed by atoms with Gasteiger partial charge in [-0.25, -0.2) is 0 Å². The van der Waals surface area contributed by atoms with Gasteiger partial charge < -0.3 is 4.74 Å². The number of imide groups is 1. The number of amides is 2. The number of carbonyl (C=O) groups excluding carboxylic acids is 2. The van der Waals surface area contributed by atoms with E-state index >= 15 is 0 Å². The molecule has 1 aliphatic heterocycles. The Kier molecular flexibility index (Phi) is 3.81. The van der Waals surface area contributed by atoms with E-state index in [1.165, 1.54) is 4.90 Å². The summed E-state index contributed by atoms with van der Waals surface area (Å²) in [6, 6.07) is 8.80. The van der Waals surface area contributed by atoms with Crippen molar-refractivity contribution in [3.8, 4) is 0 Å². The van der Waals surface area contributed by atoms with Crippen LogP contribution in [-0.4, -0.2) is 35.5 Å². The van der Waals surface area contributed by atoms with Gasteiger partial charge in [0.1, 0.15) is 5.60 Å². The predicted octanol–water partition coefficient (Wildman–Crippen LogP) is 2.02. The Balaban J connectivity index is 2.23. The zero-order valence-corrected chi connectivity index (χ0v) is 11.0. The fourth-order valence-electron chi connectivity index (χ4n) is 2.16. The highest BCUT2D eigenvalue weighted by Gasteiger charge is 2.42. The van der Waals surface area contributed by atoms with Crippen LogP contribution < -0.4 is 0 Å². The molecule has 0 aliphatic carbocycles. The van der Waals surface area contributed by atoms with Crippen LogP contribution in [-0.2, 0) is 9.53 Å². The number of benzene rings is 1. The molecule has 1 fully saturated rings. The molecule has 2 rings (SSSR count). The van der Waals surface area contributed by atoms with E-state index in [4.69, 9.17) is 4.74 Å². The van der Waals surface area contributed by atoms with Crippen molar-refractivity contribution < 1.29 is 14.3 Å². The molecule has 1 atom stereocenters. The van der Waals surface area contributed by atoms with E-state index in [-0.39, 0.29) is 11.8 Å². The van der Waals surface area contributed by atoms with Gasteiger partial charge in [-0.05, 0) is 19.1 Å². The van der Waals surface area contributed by atoms with E-state index in [0.717, 1.165) is 0 Å². The van der Waals surface area contributed by atoms with Crippen LogP contribution in [0.25, 0.3) is 0 Å². The summed E-state index contributed by atoms with van der Waals surface area (Å²) >= 11 is 0. The molecular weight excluding hydrogens is 242 g/mol. The lowest BCUT2D eigenvalue weighted by molar-refractivity contribution is -0.163. The molecule has 0 saturated carbocycles. The monoisotopic (exact) mass is 259 g/mol. The Morgan fingerprint density at radius 1 is 1.47 bits per heavy atom. The van der Waals surface area contributed by atoms with Gasteiger partial charge in [-0.2, -0.15) is 0 Å². The van der Waals surface area contributed by atoms with E-state index in [0.29, 0.717) is 25.1 Å². The molecule has 0 spiro atoms. The van der Waals surface area contributed by atoms with Gasteiger partial charge in [0.25, 0.3) is 11.8 Å². The van der Waals surface area contributed by atoms with Gasteiger partial charge in [0.2, 0.25) is 0 Å². The van der Waals surface area contributed by atoms with Gasteiger partial charge in [-0.3, -0.25) is 14.5 Å². The molecule has 1 unspecified atom stereocenters. The number of hydrogen-bond acceptors (Lipinski definition) is 3. The Bertz CT molecular complexity index is 497. The number of hydrogen-bond donors (Lipinski definition) is 0. The van der Waals surface area contributed by atoms with Crippen LogP contribution in [0, 0.1) is 0 Å². The number of rotatable bonds is 3. The molecule has 0 aromatic heterocycles. The summed E-state index contributed by atoms with van der Waals surface area (Å²) in [5.41, 5.74) is -0.469. The first-order valence-electron chi connectivity index (χ1n) is 6.25. The number of nitrogens with zero attached hydrogens (tertiary/aromatic N) is 1. The third-order valence-electron chi connectivity index (χ3n) is 3.23. The lowest BCUT2D eigenvalue weighted by Gasteiger charge is -2.37. The molecule has 0 N–H and O–H groups in total. The molecule has 2 amide bonds. The smallest absolute Gasteiger partial charge is 0.261 e. The highest BCUT2D eigenvalue weighted by atomic mass is 16.5. The molecular formula is C15H17NO3. The largest absolute Gasteiger partial charge is 0.363 e. The Morgan fingerprint density at radius 2 is 2.16 bits per heavy atom. The minimum atomic E-state index is -0.982. The first-order valence-corrected chi connectivity index (χ1v) is 6.25. The third kappa shape index (κ3) is 2.58. The fraction of sp³-hybridized carbons (Fsp3) is 0.333. The van der Waals surface area contributed by atoms with Gasteiger partial charge in [0, 0.05) is 12.0 Å². The van der Waals surface area contributed by atoms with Crippen LogP contribution in [0.4, 0.5) is 0 Å². The van der Waals surface area contributed by atoms with Crippen LogP contribution in [0.5, 0.6) is 0 Å². The summed E-state index contributed by atoms with van der Waals surface area (Å²) in [5.74, 6) is -0.573. The molecule has 0 bridgehead atoms. The average molecular weight is 259 g/mol. The van der Waals surface area contributed by atoms with Crippen LogP contribution in [0.1, 0.15) is 23.7 Å². The summed E-state index contributed by atoms with van der Waals surface area (Å²) in [6.45, 7) is 5.97. The second-order valence-electron chi connectivity index (χ2n) is 4.70. The summed E-state index contributed by atoms with van der Waals surface area (Å²) in [5, 5.41) is 0. The topological polar surface area (TPSA) is 46.6 Å². The Hall–Kier alpha value is -1.94. The highest BCUT2D eigenvalue weighted by Crippen LogP contribution is 2.24. The molecule has 1 heterocycles. The van der Waals surface area contributed by atoms with Crippen LogP contribution in [0.2, 0.25) is 0 Å². The molecule has 1 aromatic rings. The van der Waals surface area contributed by atoms with Gasteiger partial charge in [-0.15, -0.1) is 6.58 Å². The standard InChI is InChI=1S/C15H17NO3/c1-3-9-15(2)14(18)16(10-11-19-15)13(17)12-7-5-4-6-8-12/h3-8H,1,9-11H2,2H3. The number of morpholine rings is 1. The maximum absolute atomic E-state index is 12.4. The lowest BCUT2D eigenvalue weighted by atomic mass is 9.98. The van der Waals surface area contributed by atoms with Crippen molar-refractivity contribution in [3.05, 3.63) is 48.6 Å². The zero-order chi connectivity index (χ0) is 13.9. The van der Waals surface area contributed by atoms with E-state index in [1.54, 1.807) is 37.3 Å². The highest BCUT2D eigenvalue weighted by molar-refractivity contribution is 6.07. The zero-order valence-electron chi connectivity index (χ0n) is 11.0. The minimum Gasteiger partial charge on any atom is -0.363 e. The van der Waals surface area contributed by atoms with Crippen molar-refractivity contribution in [2.24, 2.45) is 0 Å². The quantitative estimate of drug-likeness (QED) is 0.616. The van der Waals surface area contributed by atoms with E-state index in [9.17, 15) is 9.59 Å². The predicted molar refractivity (Wildman–Crippen MR) is 71.7 cm³/mol. The average Bonchev–Trinajstić information content (AvgIpc) is 2.43. The van der Waals surface area contributed by atoms with E-state index in [2.05, 4.69) is 6.58 Å². The Morgan fingerprint density at radius 3 is 2.79 bits per heavy atom. The van der Waals surface area contributed by atoms with E-state index < -0.39 is 5.60 Å². The number of carbonyl (C=O) groups is 2. The normalized spacial score (nSPS) is 23.2. The summed E-state index contributed by atoms with van der Waals surface area (Å²) in [6.07, 6.45) is 2.03. The SMILES string of the molecule is C=CCC1(C)OCCN(C(=O)c2ccccc2)C1=O. The summed E-state index contributed by atoms with van der Waals surface area (Å²) in [4.78, 5) is 26.0. The van der Waals surface area contributed by atoms with Gasteiger partial charge >= 0.3 is 0 Å². The van der Waals surface area contributed by atoms with E-state index in [1.807, 2.05) is 6.07 Å². The molecule has 1 saturated heterocycles. The van der Waals surface area contributed by atoms with Crippen molar-refractivity contribution in [3.63, 3.8) is 0 Å². The van der Waals surface area contributed by atoms with Crippen LogP contribution in [0.3, 0.4) is 0 Å².